The van der Waals surface area contributed by atoms with Gasteiger partial charge in [0.25, 0.3) is 4.36 Å². The number of alkyl halides is 2. The molecular formula is C17H20FIN2O. The van der Waals surface area contributed by atoms with Gasteiger partial charge < -0.3 is 4.74 Å². The van der Waals surface area contributed by atoms with E-state index in [1.807, 2.05) is 45.9 Å². The molecule has 0 fully saturated rings. The van der Waals surface area contributed by atoms with Crippen LogP contribution in [0.5, 0.6) is 5.75 Å². The Labute approximate surface area is 144 Å². The van der Waals surface area contributed by atoms with Crippen molar-refractivity contribution in [2.24, 2.45) is 9.98 Å². The number of hydrogen-bond donors (Lipinski definition) is 0. The molecule has 0 N–H and O–H groups in total. The van der Waals surface area contributed by atoms with Gasteiger partial charge in [0.15, 0.2) is 0 Å². The fourth-order valence-electron chi connectivity index (χ4n) is 1.54. The first-order valence-corrected chi connectivity index (χ1v) is 8.11. The number of allylic oxidation sites excluding steroid dienone is 2. The van der Waals surface area contributed by atoms with E-state index >= 15 is 0 Å². The maximum absolute atomic E-state index is 12.7. The van der Waals surface area contributed by atoms with Gasteiger partial charge in [0.2, 0.25) is 0 Å². The lowest BCUT2D eigenvalue weighted by Gasteiger charge is -2.06. The van der Waals surface area contributed by atoms with Gasteiger partial charge in [0.1, 0.15) is 5.75 Å². The molecule has 1 rings (SSSR count). The first kappa shape index (κ1) is 18.5. The van der Waals surface area contributed by atoms with Crippen LogP contribution < -0.4 is 4.74 Å². The smallest absolute Gasteiger partial charge is 0.288 e. The quantitative estimate of drug-likeness (QED) is 0.341. The van der Waals surface area contributed by atoms with Gasteiger partial charge in [-0.2, -0.15) is 4.39 Å². The molecule has 118 valence electrons. The molecule has 3 nitrogen and oxygen atoms in total. The summed E-state index contributed by atoms with van der Waals surface area (Å²) in [7, 11) is 0. The topological polar surface area (TPSA) is 34.0 Å². The van der Waals surface area contributed by atoms with Crippen molar-refractivity contribution in [1.82, 2.24) is 0 Å². The van der Waals surface area contributed by atoms with Crippen LogP contribution in [0.4, 0.5) is 4.39 Å². The molecule has 0 amide bonds. The van der Waals surface area contributed by atoms with E-state index in [2.05, 4.69) is 9.98 Å². The summed E-state index contributed by atoms with van der Waals surface area (Å²) in [5.41, 5.74) is 3.76. The average molecular weight is 414 g/mol. The van der Waals surface area contributed by atoms with Crippen LogP contribution in [0.15, 0.2) is 52.7 Å². The fraction of sp³-hybridized carbons (Fsp3) is 0.294. The number of ether oxygens (including phenoxy) is 1. The van der Waals surface area contributed by atoms with Crippen LogP contribution in [0.1, 0.15) is 33.3 Å². The predicted octanol–water partition coefficient (Wildman–Crippen LogP) is 5.57. The Bertz CT molecular complexity index is 602. The number of benzene rings is 1. The molecule has 0 aliphatic carbocycles. The van der Waals surface area contributed by atoms with Crippen molar-refractivity contribution in [2.45, 2.75) is 32.1 Å². The van der Waals surface area contributed by atoms with Crippen LogP contribution in [0.25, 0.3) is 5.57 Å². The standard InChI is InChI=1S/C17H20FIN2O/c1-5-10-20-13(3)14(4)21-11-12(2)15-6-8-16(9-7-15)22-17(18)19/h5-11,17H,1-4H3/b10-5-,12-11+,20-13?,21-14?. The summed E-state index contributed by atoms with van der Waals surface area (Å²) in [4.78, 5) is 8.68. The molecule has 0 aromatic heterocycles. The summed E-state index contributed by atoms with van der Waals surface area (Å²) in [6.07, 6.45) is 5.42. The van der Waals surface area contributed by atoms with Gasteiger partial charge in [-0.3, -0.25) is 9.98 Å². The molecule has 1 aromatic rings. The fourth-order valence-corrected chi connectivity index (χ4v) is 1.83. The van der Waals surface area contributed by atoms with Crippen LogP contribution in [-0.4, -0.2) is 15.8 Å². The zero-order valence-corrected chi connectivity index (χ0v) is 15.3. The normalized spacial score (nSPS) is 15.3. The van der Waals surface area contributed by atoms with E-state index in [0.717, 1.165) is 22.6 Å². The highest BCUT2D eigenvalue weighted by Crippen LogP contribution is 2.20. The van der Waals surface area contributed by atoms with Crippen LogP contribution in [-0.2, 0) is 0 Å². The Balaban J connectivity index is 2.84. The SMILES string of the molecule is C/C=C\N=C(C)C(C)=N/C=C(\C)c1ccc(OC(F)I)cc1. The van der Waals surface area contributed by atoms with Crippen molar-refractivity contribution < 1.29 is 9.13 Å². The van der Waals surface area contributed by atoms with Crippen molar-refractivity contribution in [3.63, 3.8) is 0 Å². The molecule has 0 radical (unpaired) electrons. The minimum Gasteiger partial charge on any atom is -0.452 e. The predicted molar refractivity (Wildman–Crippen MR) is 101 cm³/mol. The maximum Gasteiger partial charge on any atom is 0.288 e. The highest BCUT2D eigenvalue weighted by Gasteiger charge is 2.02. The molecular weight excluding hydrogens is 394 g/mol. The van der Waals surface area contributed by atoms with Crippen molar-refractivity contribution in [2.75, 3.05) is 0 Å². The summed E-state index contributed by atoms with van der Waals surface area (Å²) in [5.74, 6) is 0.507. The number of nitrogens with zero attached hydrogens (tertiary/aromatic N) is 2. The van der Waals surface area contributed by atoms with E-state index in [4.69, 9.17) is 4.74 Å². The third-order valence-electron chi connectivity index (χ3n) is 2.93. The highest BCUT2D eigenvalue weighted by atomic mass is 127. The van der Waals surface area contributed by atoms with Gasteiger partial charge in [0, 0.05) is 35.0 Å². The van der Waals surface area contributed by atoms with Gasteiger partial charge >= 0.3 is 0 Å². The van der Waals surface area contributed by atoms with Crippen LogP contribution in [0.2, 0.25) is 0 Å². The Morgan fingerprint density at radius 2 is 1.73 bits per heavy atom. The van der Waals surface area contributed by atoms with E-state index in [-0.39, 0.29) is 0 Å². The highest BCUT2D eigenvalue weighted by molar-refractivity contribution is 14.1. The average Bonchev–Trinajstić information content (AvgIpc) is 2.50. The third kappa shape index (κ3) is 6.51. The Morgan fingerprint density at radius 3 is 2.27 bits per heavy atom. The van der Waals surface area contributed by atoms with Crippen LogP contribution >= 0.6 is 22.6 Å². The van der Waals surface area contributed by atoms with Crippen LogP contribution in [0.3, 0.4) is 0 Å². The zero-order valence-electron chi connectivity index (χ0n) is 13.2. The Kier molecular flexibility index (Phi) is 8.01. The second kappa shape index (κ2) is 9.50. The molecule has 0 saturated carbocycles. The van der Waals surface area contributed by atoms with Crippen molar-refractivity contribution in [3.8, 4) is 5.75 Å². The molecule has 1 aromatic carbocycles. The van der Waals surface area contributed by atoms with E-state index in [0.29, 0.717) is 5.75 Å². The first-order valence-electron chi connectivity index (χ1n) is 6.86. The van der Waals surface area contributed by atoms with E-state index in [1.54, 1.807) is 47.1 Å². The van der Waals surface area contributed by atoms with Gasteiger partial charge in [-0.15, -0.1) is 0 Å². The molecule has 0 bridgehead atoms. The van der Waals surface area contributed by atoms with Crippen LogP contribution in [0, 0.1) is 0 Å². The van der Waals surface area contributed by atoms with Gasteiger partial charge in [-0.1, -0.05) is 18.2 Å². The lowest BCUT2D eigenvalue weighted by atomic mass is 10.1. The monoisotopic (exact) mass is 414 g/mol. The lowest BCUT2D eigenvalue weighted by Crippen LogP contribution is -2.04. The molecule has 0 aliphatic heterocycles. The maximum atomic E-state index is 12.7. The summed E-state index contributed by atoms with van der Waals surface area (Å²) in [6.45, 7) is 7.74. The van der Waals surface area contributed by atoms with Crippen molar-refractivity contribution in [3.05, 3.63) is 48.3 Å². The minimum absolute atomic E-state index is 0.507. The number of aliphatic imine (C=N–C) groups is 2. The van der Waals surface area contributed by atoms with Gasteiger partial charge in [-0.25, -0.2) is 0 Å². The van der Waals surface area contributed by atoms with Gasteiger partial charge in [-0.05, 0) is 51.0 Å². The molecule has 0 aliphatic rings. The van der Waals surface area contributed by atoms with E-state index in [1.165, 1.54) is 0 Å². The molecule has 1 atom stereocenters. The van der Waals surface area contributed by atoms with Crippen molar-refractivity contribution in [1.29, 1.82) is 0 Å². The van der Waals surface area contributed by atoms with Gasteiger partial charge in [0.05, 0.1) is 11.4 Å². The number of hydrogen-bond acceptors (Lipinski definition) is 3. The Hall–Kier alpha value is -1.50. The molecule has 0 spiro atoms. The Morgan fingerprint density at radius 1 is 1.14 bits per heavy atom. The second-order valence-corrected chi connectivity index (χ2v) is 5.61. The second-order valence-electron chi connectivity index (χ2n) is 4.63. The third-order valence-corrected chi connectivity index (χ3v) is 3.18. The zero-order chi connectivity index (χ0) is 16.5. The molecule has 0 saturated heterocycles. The minimum atomic E-state index is -1.34. The summed E-state index contributed by atoms with van der Waals surface area (Å²) in [6, 6.07) is 7.25. The summed E-state index contributed by atoms with van der Waals surface area (Å²) >= 11 is 1.57. The molecule has 1 unspecified atom stereocenters. The van der Waals surface area contributed by atoms with E-state index < -0.39 is 4.36 Å². The number of halogens is 2. The van der Waals surface area contributed by atoms with Crippen molar-refractivity contribution >= 4 is 39.6 Å². The first-order chi connectivity index (χ1) is 10.4. The molecule has 0 heterocycles. The largest absolute Gasteiger partial charge is 0.452 e. The summed E-state index contributed by atoms with van der Waals surface area (Å²) in [5, 5.41) is 0. The lowest BCUT2D eigenvalue weighted by molar-refractivity contribution is 0.171. The number of rotatable bonds is 6. The van der Waals surface area contributed by atoms with E-state index in [9.17, 15) is 4.39 Å². The summed E-state index contributed by atoms with van der Waals surface area (Å²) < 4.78 is 16.4. The molecule has 22 heavy (non-hydrogen) atoms. The molecule has 5 heteroatoms.